The average molecular weight is 598 g/mol. The van der Waals surface area contributed by atoms with Crippen LogP contribution in [0.1, 0.15) is 26.5 Å². The van der Waals surface area contributed by atoms with Crippen LogP contribution in [0.3, 0.4) is 0 Å². The summed E-state index contributed by atoms with van der Waals surface area (Å²) in [5, 5.41) is 18.0. The molecule has 0 spiro atoms. The lowest BCUT2D eigenvalue weighted by Gasteiger charge is -2.49. The highest BCUT2D eigenvalue weighted by Crippen LogP contribution is 2.40. The Balaban J connectivity index is 1.53. The maximum atomic E-state index is 13.4. The number of β-lactam (4-membered cyclic amide) rings is 1. The van der Waals surface area contributed by atoms with Crippen LogP contribution in [-0.4, -0.2) is 80.2 Å². The second kappa shape index (κ2) is 12.8. The van der Waals surface area contributed by atoms with E-state index in [2.05, 4.69) is 20.8 Å². The number of rotatable bonds is 11. The number of hydrogen-bond donors (Lipinski definition) is 3. The number of fused-ring (bicyclic) bond motifs is 1. The molecule has 2 aromatic heterocycles. The second-order valence-electron chi connectivity index (χ2n) is 10.1. The van der Waals surface area contributed by atoms with Crippen molar-refractivity contribution in [1.82, 2.24) is 15.2 Å². The highest BCUT2D eigenvalue weighted by molar-refractivity contribution is 8.00. The number of nitrogens with one attached hydrogen (secondary N) is 2. The summed E-state index contributed by atoms with van der Waals surface area (Å²) in [5.41, 5.74) is -0.723. The number of aliphatic carboxylic acids is 1. The summed E-state index contributed by atoms with van der Waals surface area (Å²) < 4.78 is 6.98. The van der Waals surface area contributed by atoms with Crippen LogP contribution in [-0.2, 0) is 40.1 Å². The molecule has 0 radical (unpaired) electrons. The van der Waals surface area contributed by atoms with Crippen molar-refractivity contribution in [3.8, 4) is 0 Å². The summed E-state index contributed by atoms with van der Waals surface area (Å²) in [6.07, 6.45) is 4.00. The third-order valence-electron chi connectivity index (χ3n) is 5.86. The molecule has 42 heavy (non-hydrogen) atoms. The van der Waals surface area contributed by atoms with Gasteiger partial charge in [0.1, 0.15) is 34.2 Å². The van der Waals surface area contributed by atoms with Gasteiger partial charge in [-0.25, -0.2) is 19.1 Å². The molecular weight excluding hydrogens is 568 g/mol. The molecule has 2 aliphatic rings. The summed E-state index contributed by atoms with van der Waals surface area (Å²) in [5.74, 6) is -3.00. The summed E-state index contributed by atoms with van der Waals surface area (Å²) in [6.45, 7) is 4.72. The molecule has 4 rings (SSSR count). The minimum Gasteiger partial charge on any atom is -0.477 e. The number of thioether (sulfide) groups is 1. The smallest absolute Gasteiger partial charge is 0.352 e. The van der Waals surface area contributed by atoms with E-state index >= 15 is 0 Å². The van der Waals surface area contributed by atoms with E-state index in [1.54, 1.807) is 33.2 Å². The van der Waals surface area contributed by atoms with E-state index in [1.807, 2.05) is 22.8 Å². The van der Waals surface area contributed by atoms with E-state index in [0.29, 0.717) is 17.7 Å². The minimum absolute atomic E-state index is 0.0169. The molecule has 2 atom stereocenters. The third-order valence-corrected chi connectivity index (χ3v) is 7.20. The molecule has 1 fully saturated rings. The fourth-order valence-corrected chi connectivity index (χ4v) is 5.54. The summed E-state index contributed by atoms with van der Waals surface area (Å²) in [6, 6.07) is 8.82. The first-order valence-electron chi connectivity index (χ1n) is 12.7. The van der Waals surface area contributed by atoms with Crippen molar-refractivity contribution >= 4 is 53.5 Å². The molecule has 2 aliphatic heterocycles. The van der Waals surface area contributed by atoms with Crippen LogP contribution < -0.4 is 15.2 Å². The number of oxime groups is 1. The van der Waals surface area contributed by atoms with Crippen LogP contribution >= 0.6 is 11.8 Å². The minimum atomic E-state index is -1.24. The molecule has 0 bridgehead atoms. The number of anilines is 1. The molecule has 15 heteroatoms. The van der Waals surface area contributed by atoms with Gasteiger partial charge in [0.05, 0.1) is 0 Å². The first-order chi connectivity index (χ1) is 20.0. The molecule has 2 aromatic rings. The van der Waals surface area contributed by atoms with Crippen LogP contribution in [0.25, 0.3) is 0 Å². The van der Waals surface area contributed by atoms with Crippen molar-refractivity contribution in [2.75, 3.05) is 17.7 Å². The Morgan fingerprint density at radius 2 is 1.95 bits per heavy atom. The summed E-state index contributed by atoms with van der Waals surface area (Å²) in [4.78, 5) is 72.1. The van der Waals surface area contributed by atoms with Gasteiger partial charge in [-0.1, -0.05) is 17.3 Å². The van der Waals surface area contributed by atoms with Gasteiger partial charge in [0, 0.05) is 23.5 Å². The zero-order chi connectivity index (χ0) is 30.4. The molecule has 3 N–H and O–H groups in total. The van der Waals surface area contributed by atoms with E-state index < -0.39 is 47.4 Å². The van der Waals surface area contributed by atoms with E-state index in [4.69, 9.17) is 9.57 Å². The standard InChI is InChI=1S/C27H28N6O8S/c1-27(2,3)41-19(35)13-40-31-20(17-8-7-9-18(29-17)28-15-34)23(36)30-21-24(37)33-22(26(38)39)16(14-42-25(21)33)12-32-10-5-4-6-11-32/h4-11,15,21,25H,12-14H2,1-3H3,(H2-,28,29,30,34,36,38,39)/p+1/t21?,25-/m0/s1. The van der Waals surface area contributed by atoms with Crippen LogP contribution in [0.15, 0.2) is 65.2 Å². The molecule has 3 amide bonds. The number of hydrogen-bond acceptors (Lipinski definition) is 10. The van der Waals surface area contributed by atoms with Crippen molar-refractivity contribution < 1.29 is 43.2 Å². The highest BCUT2D eigenvalue weighted by Gasteiger charge is 2.54. The number of esters is 1. The maximum Gasteiger partial charge on any atom is 0.352 e. The second-order valence-corrected chi connectivity index (χ2v) is 11.2. The fourth-order valence-electron chi connectivity index (χ4n) is 4.21. The first kappa shape index (κ1) is 30.2. The molecule has 14 nitrogen and oxygen atoms in total. The molecule has 1 unspecified atom stereocenters. The first-order valence-corrected chi connectivity index (χ1v) is 13.8. The Morgan fingerprint density at radius 1 is 1.21 bits per heavy atom. The van der Waals surface area contributed by atoms with Gasteiger partial charge in [-0.05, 0) is 32.9 Å². The Labute approximate surface area is 244 Å². The summed E-state index contributed by atoms with van der Waals surface area (Å²) >= 11 is 1.32. The van der Waals surface area contributed by atoms with Gasteiger partial charge in [0.15, 0.2) is 24.7 Å². The van der Waals surface area contributed by atoms with Gasteiger partial charge in [0.2, 0.25) is 13.0 Å². The van der Waals surface area contributed by atoms with Gasteiger partial charge < -0.3 is 25.3 Å². The van der Waals surface area contributed by atoms with E-state index in [9.17, 15) is 29.1 Å². The quantitative estimate of drug-likeness (QED) is 0.0821. The third kappa shape index (κ3) is 7.09. The molecule has 220 valence electrons. The number of carbonyl (C=O) groups excluding carboxylic acids is 4. The number of carboxylic acid groups (broad SMARTS) is 1. The van der Waals surface area contributed by atoms with Crippen molar-refractivity contribution in [1.29, 1.82) is 0 Å². The lowest BCUT2D eigenvalue weighted by Crippen LogP contribution is -2.71. The topological polar surface area (TPSA) is 180 Å². The monoisotopic (exact) mass is 597 g/mol. The molecule has 4 heterocycles. The van der Waals surface area contributed by atoms with Gasteiger partial charge in [-0.2, -0.15) is 0 Å². The number of aromatic nitrogens is 2. The average Bonchev–Trinajstić information content (AvgIpc) is 2.93. The number of carbonyl (C=O) groups is 5. The van der Waals surface area contributed by atoms with E-state index in [0.717, 1.165) is 0 Å². The predicted molar refractivity (Wildman–Crippen MR) is 149 cm³/mol. The van der Waals surface area contributed by atoms with Crippen molar-refractivity contribution in [3.63, 3.8) is 0 Å². The summed E-state index contributed by atoms with van der Waals surface area (Å²) in [7, 11) is 0. The molecule has 0 aromatic carbocycles. The lowest BCUT2D eigenvalue weighted by atomic mass is 10.0. The Bertz CT molecular complexity index is 1460. The van der Waals surface area contributed by atoms with Crippen LogP contribution in [0, 0.1) is 0 Å². The molecule has 1 saturated heterocycles. The Morgan fingerprint density at radius 3 is 2.62 bits per heavy atom. The fraction of sp³-hybridized carbons (Fsp3) is 0.333. The molecular formula is C27H29N6O8S+. The van der Waals surface area contributed by atoms with Crippen LogP contribution in [0.5, 0.6) is 0 Å². The van der Waals surface area contributed by atoms with Gasteiger partial charge in [0.25, 0.3) is 11.8 Å². The number of carboxylic acids is 1. The number of ether oxygens (including phenoxy) is 1. The molecule has 0 aliphatic carbocycles. The Kier molecular flexibility index (Phi) is 9.20. The normalized spacial score (nSPS) is 18.4. The van der Waals surface area contributed by atoms with E-state index in [1.165, 1.54) is 34.9 Å². The van der Waals surface area contributed by atoms with Crippen LogP contribution in [0.2, 0.25) is 0 Å². The predicted octanol–water partition coefficient (Wildman–Crippen LogP) is 0.439. The zero-order valence-corrected chi connectivity index (χ0v) is 23.8. The van der Waals surface area contributed by atoms with Gasteiger partial charge in [-0.3, -0.25) is 19.3 Å². The lowest BCUT2D eigenvalue weighted by molar-refractivity contribution is -0.689. The van der Waals surface area contributed by atoms with Gasteiger partial charge in [-0.15, -0.1) is 11.8 Å². The number of nitrogens with zero attached hydrogens (tertiary/aromatic N) is 4. The Hall–Kier alpha value is -4.79. The van der Waals surface area contributed by atoms with Crippen molar-refractivity contribution in [2.45, 2.75) is 44.3 Å². The number of pyridine rings is 2. The van der Waals surface area contributed by atoms with Crippen LogP contribution in [0.4, 0.5) is 5.82 Å². The maximum absolute atomic E-state index is 13.4. The van der Waals surface area contributed by atoms with Crippen molar-refractivity contribution in [2.24, 2.45) is 5.16 Å². The highest BCUT2D eigenvalue weighted by atomic mass is 32.2. The number of amides is 3. The zero-order valence-electron chi connectivity index (χ0n) is 23.0. The molecule has 0 saturated carbocycles. The SMILES string of the molecule is CC(C)(C)OC(=O)CON=C(C(=O)NC1C(=O)N2C(C(=O)O)=C(C[n+]3ccccc3)CS[C@@H]12)c1cccc(NC=O)n1. The van der Waals surface area contributed by atoms with Gasteiger partial charge >= 0.3 is 11.9 Å². The van der Waals surface area contributed by atoms with E-state index in [-0.39, 0.29) is 29.5 Å². The largest absolute Gasteiger partial charge is 0.477 e. The van der Waals surface area contributed by atoms with Crippen molar-refractivity contribution in [3.05, 3.63) is 65.8 Å².